The fourth-order valence-electron chi connectivity index (χ4n) is 2.35. The molecule has 1 heterocycles. The highest BCUT2D eigenvalue weighted by atomic mass is 32.2. The van der Waals surface area contributed by atoms with Crippen molar-refractivity contribution in [3.8, 4) is 0 Å². The summed E-state index contributed by atoms with van der Waals surface area (Å²) in [4.78, 5) is 4.67. The van der Waals surface area contributed by atoms with E-state index in [1.54, 1.807) is 0 Å². The van der Waals surface area contributed by atoms with Gasteiger partial charge < -0.3 is 4.74 Å². The van der Waals surface area contributed by atoms with Gasteiger partial charge in [0.15, 0.2) is 5.90 Å². The Morgan fingerprint density at radius 2 is 1.91 bits per heavy atom. The van der Waals surface area contributed by atoms with Crippen LogP contribution in [0.2, 0.25) is 0 Å². The lowest BCUT2D eigenvalue weighted by molar-refractivity contribution is 0.263. The van der Waals surface area contributed by atoms with Crippen molar-refractivity contribution in [1.82, 2.24) is 0 Å². The minimum Gasteiger partial charge on any atom is -0.478 e. The lowest BCUT2D eigenvalue weighted by Gasteiger charge is -2.24. The zero-order chi connectivity index (χ0) is 16.4. The molecule has 0 aromatic heterocycles. The molecule has 0 unspecified atom stereocenters. The largest absolute Gasteiger partial charge is 0.478 e. The molecule has 0 aliphatic carbocycles. The average molecular weight is 325 g/mol. The van der Waals surface area contributed by atoms with Crippen molar-refractivity contribution in [2.75, 3.05) is 13.2 Å². The Hall–Kier alpha value is -1.40. The van der Waals surface area contributed by atoms with Gasteiger partial charge in [-0.2, -0.15) is 0 Å². The van der Waals surface area contributed by atoms with Gasteiger partial charge in [-0.25, -0.2) is 13.4 Å². The van der Waals surface area contributed by atoms with E-state index in [9.17, 15) is 8.42 Å². The molecular formula is C16H23NO4S. The van der Waals surface area contributed by atoms with Crippen LogP contribution in [0.5, 0.6) is 0 Å². The first-order valence-corrected chi connectivity index (χ1v) is 8.40. The number of ether oxygens (including phenoxy) is 1. The third kappa shape index (κ3) is 4.08. The van der Waals surface area contributed by atoms with E-state index in [0.717, 1.165) is 17.0 Å². The fraction of sp³-hybridized carbons (Fsp3) is 0.562. The number of hydrogen-bond acceptors (Lipinski definition) is 5. The second-order valence-electron chi connectivity index (χ2n) is 6.65. The first kappa shape index (κ1) is 17.0. The standard InChI is InChI=1S/C16H23NO4S/c1-15(2)11-20-14(17-15)16(3,4)13-7-5-12(6-8-13)9-10-21-22(18)19/h5-8,22H,9-11H2,1-4H3. The van der Waals surface area contributed by atoms with Crippen molar-refractivity contribution < 1.29 is 17.3 Å². The van der Waals surface area contributed by atoms with Gasteiger partial charge in [0, 0.05) is 0 Å². The summed E-state index contributed by atoms with van der Waals surface area (Å²) in [5, 5.41) is 0. The summed E-state index contributed by atoms with van der Waals surface area (Å²) in [6.45, 7) is 9.07. The molecule has 0 spiro atoms. The predicted octanol–water partition coefficient (Wildman–Crippen LogP) is 2.26. The van der Waals surface area contributed by atoms with Crippen molar-refractivity contribution in [2.24, 2.45) is 4.99 Å². The molecule has 1 aromatic rings. The number of nitrogens with zero attached hydrogens (tertiary/aromatic N) is 1. The van der Waals surface area contributed by atoms with Gasteiger partial charge >= 0.3 is 0 Å². The number of thiol groups is 1. The number of aliphatic imine (C=N–C) groups is 1. The first-order valence-electron chi connectivity index (χ1n) is 7.30. The van der Waals surface area contributed by atoms with Gasteiger partial charge in [-0.1, -0.05) is 24.3 Å². The molecule has 22 heavy (non-hydrogen) atoms. The Balaban J connectivity index is 2.09. The van der Waals surface area contributed by atoms with E-state index in [-0.39, 0.29) is 17.6 Å². The van der Waals surface area contributed by atoms with Gasteiger partial charge in [-0.3, -0.25) is 4.18 Å². The molecule has 0 fully saturated rings. The van der Waals surface area contributed by atoms with Crippen LogP contribution in [0.4, 0.5) is 0 Å². The minimum absolute atomic E-state index is 0.168. The van der Waals surface area contributed by atoms with Crippen molar-refractivity contribution in [3.63, 3.8) is 0 Å². The van der Waals surface area contributed by atoms with Gasteiger partial charge in [0.1, 0.15) is 6.61 Å². The molecule has 0 bridgehead atoms. The quantitative estimate of drug-likeness (QED) is 0.815. The second kappa shape index (κ2) is 6.38. The third-order valence-electron chi connectivity index (χ3n) is 3.76. The molecule has 0 saturated heterocycles. The Kier molecular flexibility index (Phi) is 4.92. The highest BCUT2D eigenvalue weighted by Gasteiger charge is 2.36. The van der Waals surface area contributed by atoms with Gasteiger partial charge in [0.2, 0.25) is 0 Å². The molecule has 5 nitrogen and oxygen atoms in total. The summed E-state index contributed by atoms with van der Waals surface area (Å²) < 4.78 is 31.1. The second-order valence-corrected chi connectivity index (χ2v) is 7.35. The van der Waals surface area contributed by atoms with E-state index in [1.807, 2.05) is 24.3 Å². The lowest BCUT2D eigenvalue weighted by Crippen LogP contribution is -2.29. The molecule has 1 aromatic carbocycles. The smallest absolute Gasteiger partial charge is 0.257 e. The summed E-state index contributed by atoms with van der Waals surface area (Å²) in [5.74, 6) is 0.761. The molecule has 0 atom stereocenters. The van der Waals surface area contributed by atoms with Gasteiger partial charge in [-0.05, 0) is 45.2 Å². The minimum atomic E-state index is -2.77. The van der Waals surface area contributed by atoms with Crippen molar-refractivity contribution in [3.05, 3.63) is 35.4 Å². The normalized spacial score (nSPS) is 17.4. The SMILES string of the molecule is CC1(C)COC(C(C)(C)c2ccc(CCO[SH](=O)=O)cc2)=N1. The summed E-state index contributed by atoms with van der Waals surface area (Å²) in [6.07, 6.45) is 0.564. The number of rotatable bonds is 6. The maximum Gasteiger partial charge on any atom is 0.257 e. The molecule has 6 heteroatoms. The van der Waals surface area contributed by atoms with Gasteiger partial charge in [0.05, 0.1) is 17.6 Å². The molecule has 1 aliphatic heterocycles. The monoisotopic (exact) mass is 325 g/mol. The Bertz CT molecular complexity index is 622. The summed E-state index contributed by atoms with van der Waals surface area (Å²) >= 11 is 0. The van der Waals surface area contributed by atoms with E-state index in [4.69, 9.17) is 4.74 Å². The van der Waals surface area contributed by atoms with Crippen LogP contribution < -0.4 is 0 Å². The van der Waals surface area contributed by atoms with E-state index >= 15 is 0 Å². The van der Waals surface area contributed by atoms with Crippen LogP contribution in [0, 0.1) is 0 Å². The predicted molar refractivity (Wildman–Crippen MR) is 86.9 cm³/mol. The zero-order valence-electron chi connectivity index (χ0n) is 13.5. The maximum atomic E-state index is 10.4. The molecule has 0 N–H and O–H groups in total. The first-order chi connectivity index (χ1) is 10.2. The topological polar surface area (TPSA) is 65.0 Å². The highest BCUT2D eigenvalue weighted by Crippen LogP contribution is 2.31. The van der Waals surface area contributed by atoms with E-state index in [1.165, 1.54) is 0 Å². The van der Waals surface area contributed by atoms with Crippen molar-refractivity contribution in [1.29, 1.82) is 0 Å². The zero-order valence-corrected chi connectivity index (χ0v) is 14.4. The molecule has 1 aliphatic rings. The van der Waals surface area contributed by atoms with Crippen LogP contribution in [0.15, 0.2) is 29.3 Å². The average Bonchev–Trinajstić information content (AvgIpc) is 2.80. The summed E-state index contributed by atoms with van der Waals surface area (Å²) in [5.41, 5.74) is 1.69. The molecule has 122 valence electrons. The number of hydrogen-bond donors (Lipinski definition) is 1. The van der Waals surface area contributed by atoms with E-state index < -0.39 is 11.0 Å². The highest BCUT2D eigenvalue weighted by molar-refractivity contribution is 7.67. The Labute approximate surface area is 133 Å². The molecule has 0 amide bonds. The van der Waals surface area contributed by atoms with E-state index in [2.05, 4.69) is 36.9 Å². The third-order valence-corrected chi connectivity index (χ3v) is 4.16. The summed E-state index contributed by atoms with van der Waals surface area (Å²) in [7, 11) is -2.77. The fourth-order valence-corrected chi connectivity index (χ4v) is 2.59. The Morgan fingerprint density at radius 3 is 2.41 bits per heavy atom. The van der Waals surface area contributed by atoms with Crippen LogP contribution in [0.3, 0.4) is 0 Å². The number of benzene rings is 1. The summed E-state index contributed by atoms with van der Waals surface area (Å²) in [6, 6.07) is 8.03. The van der Waals surface area contributed by atoms with Gasteiger partial charge in [0.25, 0.3) is 11.0 Å². The van der Waals surface area contributed by atoms with Gasteiger partial charge in [-0.15, -0.1) is 0 Å². The van der Waals surface area contributed by atoms with Crippen LogP contribution in [0.25, 0.3) is 0 Å². The molecule has 0 saturated carbocycles. The molecular weight excluding hydrogens is 302 g/mol. The van der Waals surface area contributed by atoms with Crippen LogP contribution in [0.1, 0.15) is 38.8 Å². The lowest BCUT2D eigenvalue weighted by atomic mass is 9.84. The van der Waals surface area contributed by atoms with Crippen molar-refractivity contribution in [2.45, 2.75) is 45.1 Å². The van der Waals surface area contributed by atoms with Crippen LogP contribution >= 0.6 is 0 Å². The molecule has 2 rings (SSSR count). The Morgan fingerprint density at radius 1 is 1.27 bits per heavy atom. The molecule has 0 radical (unpaired) electrons. The van der Waals surface area contributed by atoms with E-state index in [0.29, 0.717) is 13.0 Å². The van der Waals surface area contributed by atoms with Crippen molar-refractivity contribution >= 4 is 16.9 Å². The van der Waals surface area contributed by atoms with Crippen LogP contribution in [-0.4, -0.2) is 33.1 Å². The maximum absolute atomic E-state index is 10.4. The van der Waals surface area contributed by atoms with Crippen LogP contribution in [-0.2, 0) is 31.7 Å².